The van der Waals surface area contributed by atoms with Gasteiger partial charge in [0.25, 0.3) is 0 Å². The molecular formula is C20H11N3O5. The molecule has 0 bridgehead atoms. The number of azide groups is 1. The molecule has 0 atom stereocenters. The summed E-state index contributed by atoms with van der Waals surface area (Å²) >= 11 is 0. The number of nitrogens with zero attached hydrogens (tertiary/aromatic N) is 3. The molecule has 2 heterocycles. The van der Waals surface area contributed by atoms with E-state index < -0.39 is 11.6 Å². The Morgan fingerprint density at radius 2 is 1.57 bits per heavy atom. The lowest BCUT2D eigenvalue weighted by atomic mass is 9.77. The van der Waals surface area contributed by atoms with Crippen molar-refractivity contribution in [3.8, 4) is 23.0 Å². The number of fused-ring (bicyclic) bond motifs is 6. The summed E-state index contributed by atoms with van der Waals surface area (Å²) in [6, 6.07) is 13.9. The van der Waals surface area contributed by atoms with Crippen LogP contribution in [0.4, 0.5) is 5.69 Å². The molecule has 2 aliphatic heterocycles. The number of rotatable bonds is 1. The Kier molecular flexibility index (Phi) is 3.11. The van der Waals surface area contributed by atoms with Gasteiger partial charge in [-0.3, -0.25) is 0 Å². The molecule has 0 unspecified atom stereocenters. The van der Waals surface area contributed by atoms with E-state index in [0.29, 0.717) is 16.7 Å². The van der Waals surface area contributed by atoms with Crippen LogP contribution >= 0.6 is 0 Å². The molecule has 0 amide bonds. The number of ether oxygens (including phenoxy) is 2. The highest BCUT2D eigenvalue weighted by Crippen LogP contribution is 2.57. The minimum absolute atomic E-state index is 0.0233. The van der Waals surface area contributed by atoms with Crippen LogP contribution in [0.25, 0.3) is 10.4 Å². The average molecular weight is 373 g/mol. The van der Waals surface area contributed by atoms with Crippen molar-refractivity contribution in [1.82, 2.24) is 0 Å². The van der Waals surface area contributed by atoms with Gasteiger partial charge in [0.2, 0.25) is 0 Å². The Morgan fingerprint density at radius 1 is 0.929 bits per heavy atom. The van der Waals surface area contributed by atoms with Crippen LogP contribution in [0.3, 0.4) is 0 Å². The first-order valence-corrected chi connectivity index (χ1v) is 8.31. The fourth-order valence-electron chi connectivity index (χ4n) is 3.86. The van der Waals surface area contributed by atoms with Crippen LogP contribution in [0.1, 0.15) is 27.0 Å². The molecule has 0 aliphatic carbocycles. The van der Waals surface area contributed by atoms with Gasteiger partial charge in [-0.05, 0) is 29.8 Å². The van der Waals surface area contributed by atoms with Crippen LogP contribution in [0, 0.1) is 0 Å². The molecule has 8 nitrogen and oxygen atoms in total. The van der Waals surface area contributed by atoms with E-state index in [1.807, 2.05) is 0 Å². The maximum atomic E-state index is 12.8. The quantitative estimate of drug-likeness (QED) is 0.279. The summed E-state index contributed by atoms with van der Waals surface area (Å²) in [5.74, 6) is -0.117. The number of esters is 1. The summed E-state index contributed by atoms with van der Waals surface area (Å²) < 4.78 is 11.8. The molecule has 0 saturated carbocycles. The number of hydrogen-bond acceptors (Lipinski definition) is 6. The molecule has 3 aromatic rings. The van der Waals surface area contributed by atoms with E-state index >= 15 is 0 Å². The fraction of sp³-hybridized carbons (Fsp3) is 0.0500. The Bertz CT molecular complexity index is 1180. The Labute approximate surface area is 157 Å². The van der Waals surface area contributed by atoms with Gasteiger partial charge in [0.1, 0.15) is 23.0 Å². The van der Waals surface area contributed by atoms with Gasteiger partial charge >= 0.3 is 5.97 Å². The summed E-state index contributed by atoms with van der Waals surface area (Å²) in [5.41, 5.74) is 9.32. The largest absolute Gasteiger partial charge is 0.508 e. The van der Waals surface area contributed by atoms with Gasteiger partial charge in [-0.15, -0.1) is 0 Å². The van der Waals surface area contributed by atoms with E-state index in [0.717, 1.165) is 0 Å². The lowest BCUT2D eigenvalue weighted by Crippen LogP contribution is -2.32. The van der Waals surface area contributed by atoms with E-state index in [-0.39, 0.29) is 34.2 Å². The first-order valence-electron chi connectivity index (χ1n) is 8.31. The van der Waals surface area contributed by atoms with Gasteiger partial charge in [0.15, 0.2) is 5.60 Å². The van der Waals surface area contributed by atoms with E-state index in [1.165, 1.54) is 30.3 Å². The van der Waals surface area contributed by atoms with Gasteiger partial charge in [-0.1, -0.05) is 23.3 Å². The summed E-state index contributed by atoms with van der Waals surface area (Å²) in [4.78, 5) is 15.6. The number of carbonyl (C=O) groups is 1. The standard InChI is InChI=1S/C20H11N3O5/c21-23-22-15-3-1-2-14-18(15)19(26)28-20(14)12-6-4-10(24)8-16(12)27-17-9-11(25)5-7-13(17)20/h1-9,24-25H. The van der Waals surface area contributed by atoms with Crippen LogP contribution in [-0.2, 0) is 10.3 Å². The van der Waals surface area contributed by atoms with Gasteiger partial charge < -0.3 is 19.7 Å². The Morgan fingerprint density at radius 3 is 2.18 bits per heavy atom. The molecule has 3 aromatic carbocycles. The minimum atomic E-state index is -1.36. The number of phenols is 2. The van der Waals surface area contributed by atoms with Gasteiger partial charge in [0, 0.05) is 33.7 Å². The van der Waals surface area contributed by atoms with Crippen LogP contribution in [-0.4, -0.2) is 16.2 Å². The smallest absolute Gasteiger partial charge is 0.340 e. The van der Waals surface area contributed by atoms with Crippen molar-refractivity contribution in [2.24, 2.45) is 5.11 Å². The third kappa shape index (κ3) is 1.94. The number of benzene rings is 3. The van der Waals surface area contributed by atoms with Crippen molar-refractivity contribution < 1.29 is 24.5 Å². The number of hydrogen-bond donors (Lipinski definition) is 2. The van der Waals surface area contributed by atoms with E-state index in [4.69, 9.17) is 15.0 Å². The first-order chi connectivity index (χ1) is 13.5. The van der Waals surface area contributed by atoms with E-state index in [2.05, 4.69) is 10.0 Å². The molecule has 136 valence electrons. The zero-order chi connectivity index (χ0) is 19.5. The van der Waals surface area contributed by atoms with Crippen molar-refractivity contribution in [3.63, 3.8) is 0 Å². The second kappa shape index (κ2) is 5.42. The van der Waals surface area contributed by atoms with E-state index in [9.17, 15) is 15.0 Å². The Balaban J connectivity index is 1.91. The lowest BCUT2D eigenvalue weighted by molar-refractivity contribution is 0.0224. The molecule has 0 saturated heterocycles. The fourth-order valence-corrected chi connectivity index (χ4v) is 3.86. The third-order valence-electron chi connectivity index (χ3n) is 4.93. The Hall–Kier alpha value is -4.16. The van der Waals surface area contributed by atoms with Crippen LogP contribution < -0.4 is 4.74 Å². The number of carbonyl (C=O) groups excluding carboxylic acids is 1. The highest BCUT2D eigenvalue weighted by Gasteiger charge is 2.54. The highest BCUT2D eigenvalue weighted by molar-refractivity contribution is 6.01. The predicted molar refractivity (Wildman–Crippen MR) is 96.8 cm³/mol. The molecule has 2 aliphatic rings. The van der Waals surface area contributed by atoms with Crippen molar-refractivity contribution in [3.05, 3.63) is 87.3 Å². The van der Waals surface area contributed by atoms with Crippen molar-refractivity contribution in [2.45, 2.75) is 5.60 Å². The highest BCUT2D eigenvalue weighted by atomic mass is 16.6. The molecular weight excluding hydrogens is 362 g/mol. The maximum Gasteiger partial charge on any atom is 0.340 e. The minimum Gasteiger partial charge on any atom is -0.508 e. The average Bonchev–Trinajstić information content (AvgIpc) is 2.96. The molecule has 0 radical (unpaired) electrons. The van der Waals surface area contributed by atoms with Crippen LogP contribution in [0.5, 0.6) is 23.0 Å². The zero-order valence-electron chi connectivity index (χ0n) is 14.2. The monoisotopic (exact) mass is 373 g/mol. The molecule has 28 heavy (non-hydrogen) atoms. The maximum absolute atomic E-state index is 12.8. The lowest BCUT2D eigenvalue weighted by Gasteiger charge is -2.36. The van der Waals surface area contributed by atoms with Crippen molar-refractivity contribution >= 4 is 11.7 Å². The normalized spacial score (nSPS) is 14.9. The SMILES string of the molecule is [N-]=[N+]=Nc1cccc2c1C(=O)OC21c2ccc(O)cc2Oc2cc(O)ccc21. The summed E-state index contributed by atoms with van der Waals surface area (Å²) in [6.07, 6.45) is 0. The van der Waals surface area contributed by atoms with E-state index in [1.54, 1.807) is 24.3 Å². The second-order valence-electron chi connectivity index (χ2n) is 6.42. The van der Waals surface area contributed by atoms with Crippen molar-refractivity contribution in [2.75, 3.05) is 0 Å². The second-order valence-corrected chi connectivity index (χ2v) is 6.42. The molecule has 8 heteroatoms. The summed E-state index contributed by atoms with van der Waals surface area (Å²) in [6.45, 7) is 0. The van der Waals surface area contributed by atoms with Crippen LogP contribution in [0.15, 0.2) is 59.7 Å². The van der Waals surface area contributed by atoms with Crippen LogP contribution in [0.2, 0.25) is 0 Å². The molecule has 2 N–H and O–H groups in total. The number of phenolic OH excluding ortho intramolecular Hbond substituents is 2. The topological polar surface area (TPSA) is 125 Å². The molecule has 0 aromatic heterocycles. The first kappa shape index (κ1) is 16.0. The molecule has 5 rings (SSSR count). The van der Waals surface area contributed by atoms with Gasteiger partial charge in [-0.2, -0.15) is 0 Å². The predicted octanol–water partition coefficient (Wildman–Crippen LogP) is 4.61. The summed E-state index contributed by atoms with van der Waals surface area (Å²) in [7, 11) is 0. The van der Waals surface area contributed by atoms with Gasteiger partial charge in [-0.25, -0.2) is 4.79 Å². The number of aromatic hydroxyl groups is 2. The third-order valence-corrected chi connectivity index (χ3v) is 4.93. The zero-order valence-corrected chi connectivity index (χ0v) is 14.2. The van der Waals surface area contributed by atoms with Gasteiger partial charge in [0.05, 0.1) is 11.3 Å². The molecule has 0 fully saturated rings. The molecule has 1 spiro atoms. The van der Waals surface area contributed by atoms with Crippen molar-refractivity contribution in [1.29, 1.82) is 0 Å². The summed E-state index contributed by atoms with van der Waals surface area (Å²) in [5, 5.41) is 23.4.